The van der Waals surface area contributed by atoms with Gasteiger partial charge in [0.1, 0.15) is 0 Å². The van der Waals surface area contributed by atoms with Crippen molar-refractivity contribution in [3.05, 3.63) is 83.1 Å². The average molecular weight is 522 g/mol. The molecule has 0 aliphatic heterocycles. The Morgan fingerprint density at radius 1 is 1.09 bits per heavy atom. The third-order valence-electron chi connectivity index (χ3n) is 5.35. The lowest BCUT2D eigenvalue weighted by Crippen LogP contribution is -2.14. The summed E-state index contributed by atoms with van der Waals surface area (Å²) >= 11 is 4.83. The lowest BCUT2D eigenvalue weighted by molar-refractivity contribution is -0.113. The van der Waals surface area contributed by atoms with Gasteiger partial charge in [-0.1, -0.05) is 53.7 Å². The van der Waals surface area contributed by atoms with Crippen molar-refractivity contribution >= 4 is 39.3 Å². The van der Waals surface area contributed by atoms with Gasteiger partial charge in [0.25, 0.3) is 0 Å². The number of thioether (sulfide) groups is 1. The number of carbonyl (C=O) groups is 1. The molecule has 6 nitrogen and oxygen atoms in total. The highest BCUT2D eigenvalue weighted by Crippen LogP contribution is 2.28. The smallest absolute Gasteiger partial charge is 0.234 e. The van der Waals surface area contributed by atoms with E-state index >= 15 is 0 Å². The Balaban J connectivity index is 1.51. The van der Waals surface area contributed by atoms with Gasteiger partial charge in [-0.3, -0.25) is 14.3 Å². The van der Waals surface area contributed by atoms with Crippen LogP contribution >= 0.6 is 27.7 Å². The van der Waals surface area contributed by atoms with E-state index in [4.69, 9.17) is 0 Å². The minimum absolute atomic E-state index is 0.0930. The second kappa shape index (κ2) is 10.8. The van der Waals surface area contributed by atoms with Gasteiger partial charge in [0.05, 0.1) is 5.75 Å². The molecular weight excluding hydrogens is 498 g/mol. The molecule has 1 N–H and O–H groups in total. The minimum Gasteiger partial charge on any atom is -0.325 e. The Morgan fingerprint density at radius 3 is 2.52 bits per heavy atom. The molecule has 1 atom stereocenters. The van der Waals surface area contributed by atoms with E-state index in [-0.39, 0.29) is 11.7 Å². The number of hydrogen-bond acceptors (Lipinski definition) is 5. The summed E-state index contributed by atoms with van der Waals surface area (Å²) in [6.07, 6.45) is 4.56. The van der Waals surface area contributed by atoms with Gasteiger partial charge < -0.3 is 5.32 Å². The Morgan fingerprint density at radius 2 is 1.85 bits per heavy atom. The highest BCUT2D eigenvalue weighted by atomic mass is 79.9. The minimum atomic E-state index is -0.0930. The van der Waals surface area contributed by atoms with E-state index in [1.807, 2.05) is 53.1 Å². The number of carbonyl (C=O) groups excluding carboxylic acids is 1. The van der Waals surface area contributed by atoms with Gasteiger partial charge in [-0.25, -0.2) is 0 Å². The molecule has 0 aliphatic carbocycles. The first-order valence-corrected chi connectivity index (χ1v) is 12.5. The molecular formula is C25H24BrN5OS. The number of nitrogens with zero attached hydrogens (tertiary/aromatic N) is 4. The predicted molar refractivity (Wildman–Crippen MR) is 137 cm³/mol. The SMILES string of the molecule is CC[C@H](C)c1ccc(NC(=O)CSc2nnc(-c3cccnc3)n2-c2ccc(Br)cc2)cc1. The van der Waals surface area contributed by atoms with E-state index in [0.717, 1.165) is 27.8 Å². The van der Waals surface area contributed by atoms with E-state index < -0.39 is 0 Å². The molecule has 0 spiro atoms. The molecule has 0 radical (unpaired) electrons. The zero-order valence-corrected chi connectivity index (χ0v) is 20.8. The van der Waals surface area contributed by atoms with Crippen molar-refractivity contribution in [1.82, 2.24) is 19.7 Å². The van der Waals surface area contributed by atoms with Crippen molar-refractivity contribution in [3.63, 3.8) is 0 Å². The molecule has 8 heteroatoms. The zero-order chi connectivity index (χ0) is 23.2. The predicted octanol–water partition coefficient (Wildman–Crippen LogP) is 6.34. The van der Waals surface area contributed by atoms with Crippen molar-refractivity contribution in [2.24, 2.45) is 0 Å². The van der Waals surface area contributed by atoms with Crippen LogP contribution in [0, 0.1) is 0 Å². The van der Waals surface area contributed by atoms with E-state index in [0.29, 0.717) is 16.9 Å². The summed E-state index contributed by atoms with van der Waals surface area (Å²) in [7, 11) is 0. The fourth-order valence-corrected chi connectivity index (χ4v) is 4.34. The molecule has 168 valence electrons. The van der Waals surface area contributed by atoms with E-state index in [1.54, 1.807) is 12.4 Å². The number of benzene rings is 2. The summed E-state index contributed by atoms with van der Waals surface area (Å²) in [6, 6.07) is 19.7. The van der Waals surface area contributed by atoms with Crippen LogP contribution in [0.5, 0.6) is 0 Å². The first-order valence-electron chi connectivity index (χ1n) is 10.7. The maximum atomic E-state index is 12.6. The van der Waals surface area contributed by atoms with Crippen LogP contribution in [-0.4, -0.2) is 31.4 Å². The van der Waals surface area contributed by atoms with Crippen molar-refractivity contribution in [1.29, 1.82) is 0 Å². The van der Waals surface area contributed by atoms with Gasteiger partial charge >= 0.3 is 0 Å². The number of nitrogens with one attached hydrogen (secondary N) is 1. The van der Waals surface area contributed by atoms with Crippen LogP contribution < -0.4 is 5.32 Å². The standard InChI is InChI=1S/C25H24BrN5OS/c1-3-17(2)18-6-10-21(11-7-18)28-23(32)16-33-25-30-29-24(19-5-4-14-27-15-19)31(25)22-12-8-20(26)9-13-22/h4-15,17H,3,16H2,1-2H3,(H,28,32)/t17-/m0/s1. The molecule has 2 aromatic carbocycles. The van der Waals surface area contributed by atoms with Gasteiger partial charge in [-0.2, -0.15) is 0 Å². The number of halogens is 1. The molecule has 4 rings (SSSR count). The number of rotatable bonds is 8. The first kappa shape index (κ1) is 23.2. The molecule has 0 bridgehead atoms. The monoisotopic (exact) mass is 521 g/mol. The van der Waals surface area contributed by atoms with E-state index in [1.165, 1.54) is 17.3 Å². The number of aromatic nitrogens is 4. The Kier molecular flexibility index (Phi) is 7.57. The maximum absolute atomic E-state index is 12.6. The number of pyridine rings is 1. The van der Waals surface area contributed by atoms with Crippen LogP contribution in [0.15, 0.2) is 82.7 Å². The van der Waals surface area contributed by atoms with Crippen molar-refractivity contribution in [2.45, 2.75) is 31.3 Å². The highest BCUT2D eigenvalue weighted by Gasteiger charge is 2.17. The molecule has 0 saturated heterocycles. The van der Waals surface area contributed by atoms with Crippen molar-refractivity contribution in [3.8, 4) is 17.1 Å². The van der Waals surface area contributed by atoms with Gasteiger partial charge in [0, 0.05) is 33.8 Å². The molecule has 4 aromatic rings. The first-order chi connectivity index (χ1) is 16.0. The summed E-state index contributed by atoms with van der Waals surface area (Å²) in [5, 5.41) is 12.4. The highest BCUT2D eigenvalue weighted by molar-refractivity contribution is 9.10. The second-order valence-electron chi connectivity index (χ2n) is 7.63. The summed E-state index contributed by atoms with van der Waals surface area (Å²) in [5.41, 5.74) is 3.82. The lowest BCUT2D eigenvalue weighted by Gasteiger charge is -2.11. The van der Waals surface area contributed by atoms with E-state index in [2.05, 4.69) is 62.4 Å². The molecule has 2 heterocycles. The average Bonchev–Trinajstić information content (AvgIpc) is 3.28. The molecule has 0 fully saturated rings. The molecule has 1 amide bonds. The van der Waals surface area contributed by atoms with Crippen molar-refractivity contribution < 1.29 is 4.79 Å². The summed E-state index contributed by atoms with van der Waals surface area (Å²) < 4.78 is 2.93. The van der Waals surface area contributed by atoms with Gasteiger partial charge in [-0.15, -0.1) is 10.2 Å². The normalized spacial score (nSPS) is 11.8. The van der Waals surface area contributed by atoms with Crippen LogP contribution in [0.4, 0.5) is 5.69 Å². The van der Waals surface area contributed by atoms with Crippen LogP contribution in [0.2, 0.25) is 0 Å². The summed E-state index contributed by atoms with van der Waals surface area (Å²) in [5.74, 6) is 1.30. The molecule has 2 aromatic heterocycles. The topological polar surface area (TPSA) is 72.7 Å². The van der Waals surface area contributed by atoms with Crippen LogP contribution in [0.1, 0.15) is 31.7 Å². The number of amides is 1. The quantitative estimate of drug-likeness (QED) is 0.274. The third-order valence-corrected chi connectivity index (χ3v) is 6.80. The summed E-state index contributed by atoms with van der Waals surface area (Å²) in [4.78, 5) is 16.8. The third kappa shape index (κ3) is 5.69. The molecule has 0 unspecified atom stereocenters. The van der Waals surface area contributed by atoms with E-state index in [9.17, 15) is 4.79 Å². The van der Waals surface area contributed by atoms with Gasteiger partial charge in [-0.05, 0) is 66.4 Å². The zero-order valence-electron chi connectivity index (χ0n) is 18.4. The van der Waals surface area contributed by atoms with Crippen LogP contribution in [0.3, 0.4) is 0 Å². The van der Waals surface area contributed by atoms with Gasteiger partial charge in [0.2, 0.25) is 5.91 Å². The Labute approximate surface area is 206 Å². The van der Waals surface area contributed by atoms with Crippen LogP contribution in [-0.2, 0) is 4.79 Å². The summed E-state index contributed by atoms with van der Waals surface area (Å²) in [6.45, 7) is 4.37. The van der Waals surface area contributed by atoms with Gasteiger partial charge in [0.15, 0.2) is 11.0 Å². The maximum Gasteiger partial charge on any atom is 0.234 e. The molecule has 0 saturated carbocycles. The fourth-order valence-electron chi connectivity index (χ4n) is 3.33. The molecule has 0 aliphatic rings. The molecule has 33 heavy (non-hydrogen) atoms. The fraction of sp³-hybridized carbons (Fsp3) is 0.200. The Hall–Kier alpha value is -2.97. The lowest BCUT2D eigenvalue weighted by atomic mass is 9.99. The Bertz CT molecular complexity index is 1210. The number of anilines is 1. The van der Waals surface area contributed by atoms with Crippen LogP contribution in [0.25, 0.3) is 17.1 Å². The largest absolute Gasteiger partial charge is 0.325 e. The second-order valence-corrected chi connectivity index (χ2v) is 9.49. The van der Waals surface area contributed by atoms with Crippen molar-refractivity contribution in [2.75, 3.05) is 11.1 Å². The number of hydrogen-bond donors (Lipinski definition) is 1.